The fourth-order valence-corrected chi connectivity index (χ4v) is 1.21. The predicted molar refractivity (Wildman–Crippen MR) is 61.8 cm³/mol. The number of rotatable bonds is 10. The molecule has 1 amide bonds. The lowest BCUT2D eigenvalue weighted by molar-refractivity contribution is -0.142. The molecule has 0 aliphatic carbocycles. The average molecular weight is 247 g/mol. The molecule has 0 spiro atoms. The molecule has 0 saturated carbocycles. The molecule has 1 atom stereocenters. The first-order valence-corrected chi connectivity index (χ1v) is 5.70. The molecule has 17 heavy (non-hydrogen) atoms. The Morgan fingerprint density at radius 3 is 2.59 bits per heavy atom. The van der Waals surface area contributed by atoms with E-state index in [1.807, 2.05) is 6.92 Å². The summed E-state index contributed by atoms with van der Waals surface area (Å²) in [6.07, 6.45) is 2.10. The monoisotopic (exact) mass is 247 g/mol. The first-order chi connectivity index (χ1) is 8.11. The molecule has 6 nitrogen and oxygen atoms in total. The molecule has 2 N–H and O–H groups in total. The van der Waals surface area contributed by atoms with Crippen LogP contribution in [-0.2, 0) is 19.1 Å². The van der Waals surface area contributed by atoms with Crippen molar-refractivity contribution in [1.82, 2.24) is 5.32 Å². The predicted octanol–water partition coefficient (Wildman–Crippen LogP) is 0.409. The maximum absolute atomic E-state index is 11.3. The van der Waals surface area contributed by atoms with E-state index in [9.17, 15) is 9.59 Å². The number of methoxy groups -OCH3 is 1. The lowest BCUT2D eigenvalue weighted by Crippen LogP contribution is -2.42. The third-order valence-electron chi connectivity index (χ3n) is 2.14. The van der Waals surface area contributed by atoms with Gasteiger partial charge in [0.2, 0.25) is 5.91 Å². The van der Waals surface area contributed by atoms with Crippen molar-refractivity contribution in [3.63, 3.8) is 0 Å². The Labute approximate surface area is 101 Å². The van der Waals surface area contributed by atoms with Gasteiger partial charge in [0.05, 0.1) is 13.2 Å². The van der Waals surface area contributed by atoms with Crippen molar-refractivity contribution in [2.45, 2.75) is 32.2 Å². The molecular formula is C11H21NO5. The van der Waals surface area contributed by atoms with E-state index in [2.05, 4.69) is 5.32 Å². The number of carbonyl (C=O) groups excluding carboxylic acids is 1. The fourth-order valence-electron chi connectivity index (χ4n) is 1.21. The van der Waals surface area contributed by atoms with Crippen molar-refractivity contribution in [2.24, 2.45) is 0 Å². The van der Waals surface area contributed by atoms with Gasteiger partial charge in [-0.3, -0.25) is 4.79 Å². The van der Waals surface area contributed by atoms with Gasteiger partial charge in [-0.1, -0.05) is 19.8 Å². The maximum atomic E-state index is 11.3. The second-order valence-electron chi connectivity index (χ2n) is 3.65. The Morgan fingerprint density at radius 2 is 2.06 bits per heavy atom. The molecule has 100 valence electrons. The highest BCUT2D eigenvalue weighted by Gasteiger charge is 2.18. The number of carboxylic acid groups (broad SMARTS) is 1. The number of carboxylic acids is 1. The summed E-state index contributed by atoms with van der Waals surface area (Å²) < 4.78 is 9.74. The zero-order chi connectivity index (χ0) is 13.1. The highest BCUT2D eigenvalue weighted by atomic mass is 16.5. The molecule has 0 aromatic heterocycles. The SMILES string of the molecule is CCCCC(NC(=O)COCCOC)C(=O)O. The third kappa shape index (κ3) is 8.65. The van der Waals surface area contributed by atoms with E-state index in [-0.39, 0.29) is 6.61 Å². The van der Waals surface area contributed by atoms with Gasteiger partial charge in [0, 0.05) is 7.11 Å². The van der Waals surface area contributed by atoms with Crippen LogP contribution in [0.5, 0.6) is 0 Å². The highest BCUT2D eigenvalue weighted by molar-refractivity contribution is 5.84. The molecule has 0 heterocycles. The average Bonchev–Trinajstić information content (AvgIpc) is 2.29. The minimum atomic E-state index is -1.01. The molecule has 0 fully saturated rings. The van der Waals surface area contributed by atoms with Gasteiger partial charge < -0.3 is 19.9 Å². The second kappa shape index (κ2) is 10.0. The lowest BCUT2D eigenvalue weighted by atomic mass is 10.1. The number of hydrogen-bond donors (Lipinski definition) is 2. The van der Waals surface area contributed by atoms with Crippen LogP contribution in [-0.4, -0.2) is 50.0 Å². The van der Waals surface area contributed by atoms with Crippen molar-refractivity contribution >= 4 is 11.9 Å². The van der Waals surface area contributed by atoms with Crippen LogP contribution in [0.1, 0.15) is 26.2 Å². The van der Waals surface area contributed by atoms with E-state index >= 15 is 0 Å². The van der Waals surface area contributed by atoms with E-state index in [0.717, 1.165) is 12.8 Å². The Bertz CT molecular complexity index is 232. The van der Waals surface area contributed by atoms with Crippen LogP contribution in [0.15, 0.2) is 0 Å². The number of carbonyl (C=O) groups is 2. The summed E-state index contributed by atoms with van der Waals surface area (Å²) in [5.74, 6) is -1.42. The molecule has 1 unspecified atom stereocenters. The van der Waals surface area contributed by atoms with Crippen molar-refractivity contribution in [1.29, 1.82) is 0 Å². The number of unbranched alkanes of at least 4 members (excludes halogenated alkanes) is 1. The Balaban J connectivity index is 3.83. The topological polar surface area (TPSA) is 84.9 Å². The molecule has 0 aromatic rings. The number of ether oxygens (including phenoxy) is 2. The van der Waals surface area contributed by atoms with Gasteiger partial charge in [-0.15, -0.1) is 0 Å². The fraction of sp³-hybridized carbons (Fsp3) is 0.818. The highest BCUT2D eigenvalue weighted by Crippen LogP contribution is 2.00. The van der Waals surface area contributed by atoms with E-state index in [0.29, 0.717) is 19.6 Å². The van der Waals surface area contributed by atoms with Gasteiger partial charge in [-0.2, -0.15) is 0 Å². The summed E-state index contributed by atoms with van der Waals surface area (Å²) in [5, 5.41) is 11.3. The summed E-state index contributed by atoms with van der Waals surface area (Å²) in [6.45, 7) is 2.55. The Morgan fingerprint density at radius 1 is 1.35 bits per heavy atom. The molecule has 0 rings (SSSR count). The minimum Gasteiger partial charge on any atom is -0.480 e. The van der Waals surface area contributed by atoms with Crippen molar-refractivity contribution < 1.29 is 24.2 Å². The van der Waals surface area contributed by atoms with Gasteiger partial charge in [-0.25, -0.2) is 4.79 Å². The maximum Gasteiger partial charge on any atom is 0.326 e. The molecule has 0 aliphatic heterocycles. The molecular weight excluding hydrogens is 226 g/mol. The molecule has 0 aliphatic rings. The van der Waals surface area contributed by atoms with Gasteiger partial charge in [-0.05, 0) is 6.42 Å². The van der Waals surface area contributed by atoms with Crippen molar-refractivity contribution in [3.05, 3.63) is 0 Å². The van der Waals surface area contributed by atoms with E-state index < -0.39 is 17.9 Å². The van der Waals surface area contributed by atoms with Gasteiger partial charge in [0.1, 0.15) is 12.6 Å². The normalized spacial score (nSPS) is 12.1. The van der Waals surface area contributed by atoms with Gasteiger partial charge in [0.15, 0.2) is 0 Å². The van der Waals surface area contributed by atoms with E-state index in [4.69, 9.17) is 14.6 Å². The lowest BCUT2D eigenvalue weighted by Gasteiger charge is -2.14. The number of hydrogen-bond acceptors (Lipinski definition) is 4. The third-order valence-corrected chi connectivity index (χ3v) is 2.14. The number of aliphatic carboxylic acids is 1. The van der Waals surface area contributed by atoms with E-state index in [1.54, 1.807) is 0 Å². The zero-order valence-corrected chi connectivity index (χ0v) is 10.4. The van der Waals surface area contributed by atoms with Crippen LogP contribution >= 0.6 is 0 Å². The Kier molecular flexibility index (Phi) is 9.37. The first-order valence-electron chi connectivity index (χ1n) is 5.70. The summed E-state index contributed by atoms with van der Waals surface area (Å²) in [4.78, 5) is 22.2. The van der Waals surface area contributed by atoms with Crippen molar-refractivity contribution in [2.75, 3.05) is 26.9 Å². The second-order valence-corrected chi connectivity index (χ2v) is 3.65. The van der Waals surface area contributed by atoms with Crippen LogP contribution in [0.3, 0.4) is 0 Å². The summed E-state index contributed by atoms with van der Waals surface area (Å²) in [7, 11) is 1.54. The van der Waals surface area contributed by atoms with Crippen LogP contribution in [0.2, 0.25) is 0 Å². The first kappa shape index (κ1) is 15.9. The van der Waals surface area contributed by atoms with Gasteiger partial charge in [0.25, 0.3) is 0 Å². The minimum absolute atomic E-state index is 0.140. The smallest absolute Gasteiger partial charge is 0.326 e. The largest absolute Gasteiger partial charge is 0.480 e. The molecule has 6 heteroatoms. The van der Waals surface area contributed by atoms with Crippen LogP contribution in [0.4, 0.5) is 0 Å². The van der Waals surface area contributed by atoms with E-state index in [1.165, 1.54) is 7.11 Å². The number of nitrogens with one attached hydrogen (secondary N) is 1. The standard InChI is InChI=1S/C11H21NO5/c1-3-4-5-9(11(14)15)12-10(13)8-17-7-6-16-2/h9H,3-8H2,1-2H3,(H,12,13)(H,14,15). The summed E-state index contributed by atoms with van der Waals surface area (Å²) >= 11 is 0. The molecule has 0 aromatic carbocycles. The van der Waals surface area contributed by atoms with Crippen molar-refractivity contribution in [3.8, 4) is 0 Å². The molecule has 0 bridgehead atoms. The summed E-state index contributed by atoms with van der Waals surface area (Å²) in [6, 6.07) is -0.825. The summed E-state index contributed by atoms with van der Waals surface area (Å²) in [5.41, 5.74) is 0. The number of amides is 1. The van der Waals surface area contributed by atoms with Crippen LogP contribution in [0, 0.1) is 0 Å². The van der Waals surface area contributed by atoms with Gasteiger partial charge >= 0.3 is 5.97 Å². The van der Waals surface area contributed by atoms with Crippen LogP contribution in [0.25, 0.3) is 0 Å². The quantitative estimate of drug-likeness (QED) is 0.546. The molecule has 0 radical (unpaired) electrons. The van der Waals surface area contributed by atoms with Crippen LogP contribution < -0.4 is 5.32 Å². The Hall–Kier alpha value is -1.14. The zero-order valence-electron chi connectivity index (χ0n) is 10.4. The molecule has 0 saturated heterocycles.